The summed E-state index contributed by atoms with van der Waals surface area (Å²) in [4.78, 5) is 36.8. The Bertz CT molecular complexity index is 999. The van der Waals surface area contributed by atoms with Crippen LogP contribution < -0.4 is 5.32 Å². The smallest absolute Gasteiger partial charge is 0.277 e. The summed E-state index contributed by atoms with van der Waals surface area (Å²) in [7, 11) is 0. The van der Waals surface area contributed by atoms with Gasteiger partial charge in [-0.25, -0.2) is 4.98 Å². The number of nitro benzene ring substituents is 2. The van der Waals surface area contributed by atoms with Gasteiger partial charge in [-0.1, -0.05) is 12.1 Å². The Morgan fingerprint density at radius 1 is 1.07 bits per heavy atom. The highest BCUT2D eigenvalue weighted by Crippen LogP contribution is 2.23. The lowest BCUT2D eigenvalue weighted by Gasteiger charge is -2.15. The first-order chi connectivity index (χ1) is 13.3. The molecule has 1 atom stereocenters. The van der Waals surface area contributed by atoms with Crippen molar-refractivity contribution in [1.82, 2.24) is 14.9 Å². The molecule has 0 saturated heterocycles. The quantitative estimate of drug-likeness (QED) is 0.515. The van der Waals surface area contributed by atoms with Gasteiger partial charge < -0.3 is 9.88 Å². The molecule has 142 valence electrons. The SMILES string of the molecule is C[C@H](NC(=O)c1cc([N+](=O)[O-])cc([N+](=O)[O-])c1)c1ccc(-n2ccnc2)cc1. The molecule has 0 unspecified atom stereocenters. The van der Waals surface area contributed by atoms with Crippen LogP contribution in [-0.2, 0) is 0 Å². The zero-order valence-corrected chi connectivity index (χ0v) is 14.7. The summed E-state index contributed by atoms with van der Waals surface area (Å²) in [6.45, 7) is 1.75. The maximum Gasteiger partial charge on any atom is 0.277 e. The number of carbonyl (C=O) groups is 1. The number of imidazole rings is 1. The normalized spacial score (nSPS) is 11.6. The van der Waals surface area contributed by atoms with Crippen molar-refractivity contribution in [2.24, 2.45) is 0 Å². The molecule has 3 aromatic rings. The first-order valence-corrected chi connectivity index (χ1v) is 8.18. The molecule has 10 heteroatoms. The molecule has 0 fully saturated rings. The van der Waals surface area contributed by atoms with Crippen molar-refractivity contribution in [3.63, 3.8) is 0 Å². The van der Waals surface area contributed by atoms with Crippen molar-refractivity contribution in [1.29, 1.82) is 0 Å². The summed E-state index contributed by atoms with van der Waals surface area (Å²) in [6, 6.07) is 9.80. The van der Waals surface area contributed by atoms with Crippen molar-refractivity contribution in [2.75, 3.05) is 0 Å². The van der Waals surface area contributed by atoms with E-state index >= 15 is 0 Å². The van der Waals surface area contributed by atoms with Crippen LogP contribution in [0.2, 0.25) is 0 Å². The molecule has 0 aliphatic carbocycles. The van der Waals surface area contributed by atoms with Crippen molar-refractivity contribution < 1.29 is 14.6 Å². The van der Waals surface area contributed by atoms with Crippen LogP contribution in [0.25, 0.3) is 5.69 Å². The number of nitrogens with zero attached hydrogens (tertiary/aromatic N) is 4. The number of nitrogens with one attached hydrogen (secondary N) is 1. The van der Waals surface area contributed by atoms with Crippen LogP contribution in [0, 0.1) is 20.2 Å². The van der Waals surface area contributed by atoms with E-state index in [2.05, 4.69) is 10.3 Å². The fourth-order valence-corrected chi connectivity index (χ4v) is 2.65. The van der Waals surface area contributed by atoms with E-state index in [-0.39, 0.29) is 5.56 Å². The molecule has 3 rings (SSSR count). The minimum Gasteiger partial charge on any atom is -0.346 e. The average molecular weight is 381 g/mol. The van der Waals surface area contributed by atoms with Gasteiger partial charge in [0.25, 0.3) is 17.3 Å². The monoisotopic (exact) mass is 381 g/mol. The van der Waals surface area contributed by atoms with E-state index in [9.17, 15) is 25.0 Å². The maximum atomic E-state index is 12.5. The molecule has 0 saturated carbocycles. The Hall–Kier alpha value is -4.08. The summed E-state index contributed by atoms with van der Waals surface area (Å²) < 4.78 is 1.83. The van der Waals surface area contributed by atoms with Crippen LogP contribution in [0.3, 0.4) is 0 Å². The number of benzene rings is 2. The van der Waals surface area contributed by atoms with Gasteiger partial charge in [0.05, 0.1) is 33.8 Å². The highest BCUT2D eigenvalue weighted by Gasteiger charge is 2.21. The van der Waals surface area contributed by atoms with Gasteiger partial charge >= 0.3 is 0 Å². The molecule has 0 spiro atoms. The van der Waals surface area contributed by atoms with Crippen LogP contribution in [0.5, 0.6) is 0 Å². The number of aromatic nitrogens is 2. The minimum atomic E-state index is -0.776. The zero-order valence-electron chi connectivity index (χ0n) is 14.7. The molecule has 0 aliphatic rings. The van der Waals surface area contributed by atoms with Crippen LogP contribution in [0.1, 0.15) is 28.9 Å². The average Bonchev–Trinajstić information content (AvgIpc) is 3.22. The highest BCUT2D eigenvalue weighted by atomic mass is 16.6. The zero-order chi connectivity index (χ0) is 20.3. The van der Waals surface area contributed by atoms with E-state index < -0.39 is 33.2 Å². The highest BCUT2D eigenvalue weighted by molar-refractivity contribution is 5.95. The lowest BCUT2D eigenvalue weighted by molar-refractivity contribution is -0.394. The Balaban J connectivity index is 1.78. The summed E-state index contributed by atoms with van der Waals surface area (Å²) in [5.74, 6) is -0.641. The van der Waals surface area contributed by atoms with Crippen molar-refractivity contribution in [3.8, 4) is 5.69 Å². The van der Waals surface area contributed by atoms with Crippen molar-refractivity contribution in [3.05, 3.63) is 92.5 Å². The van der Waals surface area contributed by atoms with E-state index in [0.29, 0.717) is 0 Å². The number of rotatable bonds is 6. The molecule has 28 heavy (non-hydrogen) atoms. The summed E-state index contributed by atoms with van der Waals surface area (Å²) in [5.41, 5.74) is 0.516. The van der Waals surface area contributed by atoms with Gasteiger partial charge in [0.15, 0.2) is 0 Å². The van der Waals surface area contributed by atoms with Gasteiger partial charge in [-0.05, 0) is 24.6 Å². The Morgan fingerprint density at radius 3 is 2.18 bits per heavy atom. The number of amides is 1. The first kappa shape index (κ1) is 18.7. The Kier molecular flexibility index (Phi) is 5.12. The Labute approximate surface area is 158 Å². The van der Waals surface area contributed by atoms with Gasteiger partial charge in [-0.3, -0.25) is 25.0 Å². The van der Waals surface area contributed by atoms with Gasteiger partial charge in [0.1, 0.15) is 0 Å². The number of hydrogen-bond acceptors (Lipinski definition) is 6. The molecule has 0 aliphatic heterocycles. The summed E-state index contributed by atoms with van der Waals surface area (Å²) >= 11 is 0. The van der Waals surface area contributed by atoms with Crippen LogP contribution in [-0.4, -0.2) is 25.3 Å². The number of non-ortho nitro benzene ring substituents is 2. The summed E-state index contributed by atoms with van der Waals surface area (Å²) in [5, 5.41) is 24.6. The number of carbonyl (C=O) groups excluding carboxylic acids is 1. The molecule has 1 heterocycles. The lowest BCUT2D eigenvalue weighted by Crippen LogP contribution is -2.26. The van der Waals surface area contributed by atoms with Gasteiger partial charge in [-0.15, -0.1) is 0 Å². The minimum absolute atomic E-state index is 0.150. The topological polar surface area (TPSA) is 133 Å². The second-order valence-electron chi connectivity index (χ2n) is 6.01. The third kappa shape index (κ3) is 4.01. The van der Waals surface area contributed by atoms with Gasteiger partial charge in [0, 0.05) is 30.2 Å². The maximum absolute atomic E-state index is 12.5. The molecule has 1 N–H and O–H groups in total. The largest absolute Gasteiger partial charge is 0.346 e. The van der Waals surface area contributed by atoms with Crippen LogP contribution in [0.4, 0.5) is 11.4 Å². The van der Waals surface area contributed by atoms with Gasteiger partial charge in [-0.2, -0.15) is 0 Å². The second-order valence-corrected chi connectivity index (χ2v) is 6.01. The Morgan fingerprint density at radius 2 is 1.68 bits per heavy atom. The predicted molar refractivity (Wildman–Crippen MR) is 99.2 cm³/mol. The van der Waals surface area contributed by atoms with E-state index in [1.807, 2.05) is 28.8 Å². The molecule has 1 aromatic heterocycles. The molecular weight excluding hydrogens is 366 g/mol. The standard InChI is InChI=1S/C18H15N5O5/c1-12(13-2-4-15(5-3-13)21-7-6-19-11-21)20-18(24)14-8-16(22(25)26)10-17(9-14)23(27)28/h2-12H,1H3,(H,20,24)/t12-/m0/s1. The second kappa shape index (κ2) is 7.66. The third-order valence-corrected chi connectivity index (χ3v) is 4.13. The van der Waals surface area contributed by atoms with Crippen LogP contribution in [0.15, 0.2) is 61.2 Å². The molecule has 2 aromatic carbocycles. The molecular formula is C18H15N5O5. The number of nitro groups is 2. The molecule has 1 amide bonds. The number of hydrogen-bond donors (Lipinski definition) is 1. The van der Waals surface area contributed by atoms with E-state index in [1.165, 1.54) is 0 Å². The summed E-state index contributed by atoms with van der Waals surface area (Å²) in [6.07, 6.45) is 5.12. The van der Waals surface area contributed by atoms with E-state index in [1.54, 1.807) is 25.6 Å². The molecule has 0 bridgehead atoms. The predicted octanol–water partition coefficient (Wildman–Crippen LogP) is 3.18. The lowest BCUT2D eigenvalue weighted by atomic mass is 10.1. The van der Waals surface area contributed by atoms with E-state index in [0.717, 1.165) is 29.4 Å². The van der Waals surface area contributed by atoms with Gasteiger partial charge in [0.2, 0.25) is 0 Å². The fraction of sp³-hybridized carbons (Fsp3) is 0.111. The fourth-order valence-electron chi connectivity index (χ4n) is 2.65. The van der Waals surface area contributed by atoms with Crippen molar-refractivity contribution in [2.45, 2.75) is 13.0 Å². The first-order valence-electron chi connectivity index (χ1n) is 8.18. The van der Waals surface area contributed by atoms with Crippen LogP contribution >= 0.6 is 0 Å². The molecule has 0 radical (unpaired) electrons. The molecule has 10 nitrogen and oxygen atoms in total. The van der Waals surface area contributed by atoms with E-state index in [4.69, 9.17) is 0 Å². The van der Waals surface area contributed by atoms with Crippen molar-refractivity contribution >= 4 is 17.3 Å². The third-order valence-electron chi connectivity index (χ3n) is 4.13.